The van der Waals surface area contributed by atoms with Crippen molar-refractivity contribution in [3.8, 4) is 0 Å². The molecule has 2 rings (SSSR count). The molecule has 2 atom stereocenters. The molecule has 2 N–H and O–H groups in total. The van der Waals surface area contributed by atoms with Crippen molar-refractivity contribution in [1.29, 1.82) is 0 Å². The van der Waals surface area contributed by atoms with Gasteiger partial charge in [0.2, 0.25) is 11.5 Å². The number of ether oxygens (including phenoxy) is 1. The summed E-state index contributed by atoms with van der Waals surface area (Å²) < 4.78 is 4.99. The van der Waals surface area contributed by atoms with Gasteiger partial charge in [0, 0.05) is 18.8 Å². The number of H-pyrrole nitrogens is 1. The van der Waals surface area contributed by atoms with Crippen LogP contribution < -0.4 is 10.9 Å². The standard InChI is InChI=1S/C16H21N3O5/c1-3-24-16(23)12-5-4-8-19(12)15(22)10(2)18-14(21)11-6-7-13(20)17-9-11/h6-7,9-10,12H,3-5,8H2,1-2H3,(H,17,20)(H,18,21)/t10-,12-/m0/s1. The van der Waals surface area contributed by atoms with E-state index in [2.05, 4.69) is 10.3 Å². The SMILES string of the molecule is CCOC(=O)[C@@H]1CCCN1C(=O)[C@H](C)NC(=O)c1ccc(=O)[nH]c1. The minimum atomic E-state index is -0.792. The summed E-state index contributed by atoms with van der Waals surface area (Å²) in [6.07, 6.45) is 2.56. The monoisotopic (exact) mass is 335 g/mol. The van der Waals surface area contributed by atoms with Crippen LogP contribution in [-0.4, -0.2) is 52.9 Å². The van der Waals surface area contributed by atoms with Gasteiger partial charge in [-0.3, -0.25) is 14.4 Å². The molecular weight excluding hydrogens is 314 g/mol. The summed E-state index contributed by atoms with van der Waals surface area (Å²) in [4.78, 5) is 51.4. The lowest BCUT2D eigenvalue weighted by Gasteiger charge is -2.26. The minimum absolute atomic E-state index is 0.248. The number of hydrogen-bond acceptors (Lipinski definition) is 5. The number of amides is 2. The highest BCUT2D eigenvalue weighted by molar-refractivity contribution is 5.97. The smallest absolute Gasteiger partial charge is 0.328 e. The quantitative estimate of drug-likeness (QED) is 0.739. The lowest BCUT2D eigenvalue weighted by molar-refractivity contribution is -0.153. The molecule has 0 spiro atoms. The van der Waals surface area contributed by atoms with Crippen LogP contribution in [0.4, 0.5) is 0 Å². The maximum absolute atomic E-state index is 12.5. The fourth-order valence-corrected chi connectivity index (χ4v) is 2.66. The Labute approximate surface area is 139 Å². The van der Waals surface area contributed by atoms with Gasteiger partial charge in [0.1, 0.15) is 12.1 Å². The fraction of sp³-hybridized carbons (Fsp3) is 0.500. The van der Waals surface area contributed by atoms with Crippen LogP contribution in [0.1, 0.15) is 37.0 Å². The second-order valence-corrected chi connectivity index (χ2v) is 5.58. The van der Waals surface area contributed by atoms with Crippen LogP contribution >= 0.6 is 0 Å². The van der Waals surface area contributed by atoms with Crippen LogP contribution in [0.2, 0.25) is 0 Å². The van der Waals surface area contributed by atoms with Crippen molar-refractivity contribution in [2.45, 2.75) is 38.8 Å². The molecule has 2 amide bonds. The molecule has 0 aromatic carbocycles. The van der Waals surface area contributed by atoms with Gasteiger partial charge in [-0.05, 0) is 32.8 Å². The molecule has 0 aliphatic carbocycles. The van der Waals surface area contributed by atoms with Crippen LogP contribution in [0.5, 0.6) is 0 Å². The Morgan fingerprint density at radius 1 is 1.42 bits per heavy atom. The van der Waals surface area contributed by atoms with E-state index in [-0.39, 0.29) is 23.6 Å². The molecule has 0 unspecified atom stereocenters. The second-order valence-electron chi connectivity index (χ2n) is 5.58. The number of nitrogens with zero attached hydrogens (tertiary/aromatic N) is 1. The molecule has 0 bridgehead atoms. The molecule has 8 heteroatoms. The molecule has 0 saturated carbocycles. The van der Waals surface area contributed by atoms with Crippen LogP contribution in [0.25, 0.3) is 0 Å². The zero-order valence-corrected chi connectivity index (χ0v) is 13.7. The highest BCUT2D eigenvalue weighted by atomic mass is 16.5. The second kappa shape index (κ2) is 7.76. The van der Waals surface area contributed by atoms with Crippen molar-refractivity contribution in [3.63, 3.8) is 0 Å². The minimum Gasteiger partial charge on any atom is -0.464 e. The molecule has 1 aromatic rings. The van der Waals surface area contributed by atoms with Gasteiger partial charge in [-0.15, -0.1) is 0 Å². The van der Waals surface area contributed by atoms with E-state index in [0.29, 0.717) is 13.0 Å². The van der Waals surface area contributed by atoms with E-state index in [0.717, 1.165) is 6.42 Å². The summed E-state index contributed by atoms with van der Waals surface area (Å²) in [7, 11) is 0. The summed E-state index contributed by atoms with van der Waals surface area (Å²) in [5, 5.41) is 2.58. The van der Waals surface area contributed by atoms with Gasteiger partial charge in [-0.1, -0.05) is 0 Å². The number of likely N-dealkylation sites (tertiary alicyclic amines) is 1. The van der Waals surface area contributed by atoms with Crippen LogP contribution in [0.3, 0.4) is 0 Å². The third kappa shape index (κ3) is 4.01. The van der Waals surface area contributed by atoms with Crippen molar-refractivity contribution < 1.29 is 19.1 Å². The predicted octanol–water partition coefficient (Wildman–Crippen LogP) is 0.0473. The van der Waals surface area contributed by atoms with Gasteiger partial charge in [-0.25, -0.2) is 4.79 Å². The largest absolute Gasteiger partial charge is 0.464 e. The van der Waals surface area contributed by atoms with Gasteiger partial charge in [-0.2, -0.15) is 0 Å². The molecule has 1 aliphatic heterocycles. The van der Waals surface area contributed by atoms with Gasteiger partial charge in [0.15, 0.2) is 0 Å². The molecule has 1 saturated heterocycles. The lowest BCUT2D eigenvalue weighted by Crippen LogP contribution is -2.50. The molecule has 1 aliphatic rings. The molecule has 24 heavy (non-hydrogen) atoms. The summed E-state index contributed by atoms with van der Waals surface area (Å²) in [6, 6.07) is 1.23. The first-order valence-electron chi connectivity index (χ1n) is 7.90. The number of aromatic nitrogens is 1. The number of pyridine rings is 1. The van der Waals surface area contributed by atoms with Gasteiger partial charge in [0.25, 0.3) is 5.91 Å². The van der Waals surface area contributed by atoms with Crippen LogP contribution in [0, 0.1) is 0 Å². The highest BCUT2D eigenvalue weighted by Gasteiger charge is 2.37. The van der Waals surface area contributed by atoms with Crippen molar-refractivity contribution in [2.24, 2.45) is 0 Å². The fourth-order valence-electron chi connectivity index (χ4n) is 2.66. The lowest BCUT2D eigenvalue weighted by atomic mass is 10.2. The van der Waals surface area contributed by atoms with Crippen molar-refractivity contribution in [2.75, 3.05) is 13.2 Å². The molecular formula is C16H21N3O5. The van der Waals surface area contributed by atoms with E-state index in [1.165, 1.54) is 23.2 Å². The number of rotatable bonds is 5. The zero-order chi connectivity index (χ0) is 17.7. The van der Waals surface area contributed by atoms with Gasteiger partial charge >= 0.3 is 5.97 Å². The van der Waals surface area contributed by atoms with Crippen LogP contribution in [0.15, 0.2) is 23.1 Å². The zero-order valence-electron chi connectivity index (χ0n) is 13.7. The maximum Gasteiger partial charge on any atom is 0.328 e. The van der Waals surface area contributed by atoms with E-state index < -0.39 is 24.0 Å². The van der Waals surface area contributed by atoms with Gasteiger partial charge < -0.3 is 19.9 Å². The van der Waals surface area contributed by atoms with E-state index in [1.54, 1.807) is 13.8 Å². The van der Waals surface area contributed by atoms with Crippen molar-refractivity contribution >= 4 is 17.8 Å². The normalized spacial score (nSPS) is 18.1. The molecule has 1 aromatic heterocycles. The topological polar surface area (TPSA) is 109 Å². The van der Waals surface area contributed by atoms with E-state index in [1.807, 2.05) is 0 Å². The third-order valence-electron chi connectivity index (χ3n) is 3.86. The number of nitrogens with one attached hydrogen (secondary N) is 2. The van der Waals surface area contributed by atoms with E-state index in [4.69, 9.17) is 4.74 Å². The number of carbonyl (C=O) groups excluding carboxylic acids is 3. The molecule has 0 radical (unpaired) electrons. The Bertz CT molecular complexity index is 664. The average molecular weight is 335 g/mol. The molecule has 130 valence electrons. The summed E-state index contributed by atoms with van der Waals surface area (Å²) in [5.74, 6) is -1.22. The predicted molar refractivity (Wildman–Crippen MR) is 85.4 cm³/mol. The first-order chi connectivity index (χ1) is 11.4. The number of esters is 1. The first kappa shape index (κ1) is 17.7. The number of aromatic amines is 1. The van der Waals surface area contributed by atoms with E-state index >= 15 is 0 Å². The van der Waals surface area contributed by atoms with E-state index in [9.17, 15) is 19.2 Å². The summed E-state index contributed by atoms with van der Waals surface area (Å²) >= 11 is 0. The Balaban J connectivity index is 2.00. The van der Waals surface area contributed by atoms with Gasteiger partial charge in [0.05, 0.1) is 12.2 Å². The van der Waals surface area contributed by atoms with Crippen LogP contribution in [-0.2, 0) is 14.3 Å². The third-order valence-corrected chi connectivity index (χ3v) is 3.86. The Kier molecular flexibility index (Phi) is 5.73. The summed E-state index contributed by atoms with van der Waals surface area (Å²) in [5.41, 5.74) is -0.0670. The number of hydrogen-bond donors (Lipinski definition) is 2. The first-order valence-corrected chi connectivity index (χ1v) is 7.90. The molecule has 8 nitrogen and oxygen atoms in total. The molecule has 2 heterocycles. The Morgan fingerprint density at radius 2 is 2.17 bits per heavy atom. The summed E-state index contributed by atoms with van der Waals surface area (Å²) in [6.45, 7) is 4.00. The highest BCUT2D eigenvalue weighted by Crippen LogP contribution is 2.19. The van der Waals surface area contributed by atoms with Crippen molar-refractivity contribution in [1.82, 2.24) is 15.2 Å². The molecule has 1 fully saturated rings. The Hall–Kier alpha value is -2.64. The number of carbonyl (C=O) groups is 3. The average Bonchev–Trinajstić information content (AvgIpc) is 3.04. The maximum atomic E-state index is 12.5. The Morgan fingerprint density at radius 3 is 2.79 bits per heavy atom. The van der Waals surface area contributed by atoms with Crippen molar-refractivity contribution in [3.05, 3.63) is 34.2 Å².